The molecule has 0 N–H and O–H groups in total. The van der Waals surface area contributed by atoms with Gasteiger partial charge in [-0.05, 0) is 56.0 Å². The van der Waals surface area contributed by atoms with E-state index in [0.29, 0.717) is 11.2 Å². The van der Waals surface area contributed by atoms with E-state index in [9.17, 15) is 4.79 Å². The third-order valence-corrected chi connectivity index (χ3v) is 6.48. The predicted octanol–water partition coefficient (Wildman–Crippen LogP) is 3.92. The molecule has 5 rings (SSSR count). The third-order valence-electron chi connectivity index (χ3n) is 5.42. The van der Waals surface area contributed by atoms with Crippen LogP contribution in [-0.4, -0.2) is 37.6 Å². The maximum atomic E-state index is 13.4. The second kappa shape index (κ2) is 7.31. The number of aryl methyl sites for hydroxylation is 2. The van der Waals surface area contributed by atoms with Crippen molar-refractivity contribution in [3.8, 4) is 5.69 Å². The van der Waals surface area contributed by atoms with Gasteiger partial charge < -0.3 is 4.74 Å². The Bertz CT molecular complexity index is 1270. The van der Waals surface area contributed by atoms with Gasteiger partial charge in [-0.1, -0.05) is 36.0 Å². The molecular weight excluding hydrogens is 384 g/mol. The molecule has 148 valence electrons. The van der Waals surface area contributed by atoms with Gasteiger partial charge in [0.25, 0.3) is 5.56 Å². The number of benzene rings is 2. The monoisotopic (exact) mass is 406 g/mol. The van der Waals surface area contributed by atoms with Crippen molar-refractivity contribution in [3.63, 3.8) is 0 Å². The van der Waals surface area contributed by atoms with Crippen LogP contribution < -0.4 is 5.56 Å². The van der Waals surface area contributed by atoms with Crippen molar-refractivity contribution in [2.45, 2.75) is 37.9 Å². The first-order chi connectivity index (χ1) is 14.1. The van der Waals surface area contributed by atoms with Crippen molar-refractivity contribution in [2.75, 3.05) is 12.4 Å². The van der Waals surface area contributed by atoms with E-state index in [2.05, 4.69) is 16.3 Å². The Kier molecular flexibility index (Phi) is 4.64. The maximum Gasteiger partial charge on any atom is 0.267 e. The van der Waals surface area contributed by atoms with E-state index >= 15 is 0 Å². The lowest BCUT2D eigenvalue weighted by atomic mass is 10.1. The summed E-state index contributed by atoms with van der Waals surface area (Å²) in [4.78, 5) is 13.4. The molecule has 1 fully saturated rings. The molecule has 4 aromatic rings. The van der Waals surface area contributed by atoms with Crippen LogP contribution >= 0.6 is 11.8 Å². The first kappa shape index (κ1) is 18.4. The molecule has 0 spiro atoms. The maximum absolute atomic E-state index is 13.4. The number of hydrogen-bond donors (Lipinski definition) is 0. The first-order valence-electron chi connectivity index (χ1n) is 9.84. The van der Waals surface area contributed by atoms with Crippen molar-refractivity contribution in [2.24, 2.45) is 0 Å². The average Bonchev–Trinajstić information content (AvgIpc) is 3.39. The van der Waals surface area contributed by atoms with Crippen molar-refractivity contribution in [1.29, 1.82) is 0 Å². The van der Waals surface area contributed by atoms with E-state index in [1.165, 1.54) is 0 Å². The van der Waals surface area contributed by atoms with Gasteiger partial charge in [-0.2, -0.15) is 0 Å². The quantitative estimate of drug-likeness (QED) is 0.481. The van der Waals surface area contributed by atoms with Gasteiger partial charge in [-0.3, -0.25) is 9.20 Å². The van der Waals surface area contributed by atoms with Crippen molar-refractivity contribution in [1.82, 2.24) is 19.2 Å². The molecule has 2 aromatic heterocycles. The second-order valence-corrected chi connectivity index (χ2v) is 8.50. The van der Waals surface area contributed by atoms with Gasteiger partial charge >= 0.3 is 0 Å². The molecule has 1 atom stereocenters. The minimum Gasteiger partial charge on any atom is -0.377 e. The summed E-state index contributed by atoms with van der Waals surface area (Å²) in [5.41, 5.74) is 3.70. The predicted molar refractivity (Wildman–Crippen MR) is 115 cm³/mol. The van der Waals surface area contributed by atoms with Crippen LogP contribution in [0.4, 0.5) is 0 Å². The Hall–Kier alpha value is -2.64. The van der Waals surface area contributed by atoms with Gasteiger partial charge in [0.05, 0.1) is 22.7 Å². The van der Waals surface area contributed by atoms with Crippen LogP contribution in [0.1, 0.15) is 24.0 Å². The fraction of sp³-hybridized carbons (Fsp3) is 0.318. The fourth-order valence-electron chi connectivity index (χ4n) is 3.89. The van der Waals surface area contributed by atoms with E-state index in [4.69, 9.17) is 4.74 Å². The zero-order chi connectivity index (χ0) is 20.0. The SMILES string of the molecule is Cc1ccc(C)c(-n2c(=O)c3ccccc3n3c(SCC4CCCO4)nnc23)c1. The standard InChI is InChI=1S/C22H22N4O2S/c1-14-9-10-15(2)19(12-14)25-20(27)17-7-3-4-8-18(17)26-21(25)23-24-22(26)29-13-16-6-5-11-28-16/h3-4,7-10,12,16H,5-6,11,13H2,1-2H3. The topological polar surface area (TPSA) is 61.4 Å². The van der Waals surface area contributed by atoms with Crippen molar-refractivity contribution >= 4 is 28.4 Å². The van der Waals surface area contributed by atoms with Crippen molar-refractivity contribution in [3.05, 3.63) is 63.9 Å². The lowest BCUT2D eigenvalue weighted by Crippen LogP contribution is -2.22. The number of fused-ring (bicyclic) bond motifs is 3. The van der Waals surface area contributed by atoms with Crippen LogP contribution in [0.5, 0.6) is 0 Å². The van der Waals surface area contributed by atoms with Crippen LogP contribution in [0.15, 0.2) is 52.4 Å². The fourth-order valence-corrected chi connectivity index (χ4v) is 4.90. The molecule has 0 aliphatic carbocycles. The lowest BCUT2D eigenvalue weighted by molar-refractivity contribution is 0.129. The Balaban J connectivity index is 1.75. The van der Waals surface area contributed by atoms with E-state index in [0.717, 1.165) is 52.7 Å². The van der Waals surface area contributed by atoms with Crippen LogP contribution in [0.25, 0.3) is 22.4 Å². The summed E-state index contributed by atoms with van der Waals surface area (Å²) < 4.78 is 9.44. The van der Waals surface area contributed by atoms with Gasteiger partial charge in [0.2, 0.25) is 5.78 Å². The molecule has 2 aromatic carbocycles. The molecule has 29 heavy (non-hydrogen) atoms. The Morgan fingerprint density at radius 2 is 2.03 bits per heavy atom. The van der Waals surface area contributed by atoms with Gasteiger partial charge in [0, 0.05) is 12.4 Å². The number of rotatable bonds is 4. The highest BCUT2D eigenvalue weighted by atomic mass is 32.2. The summed E-state index contributed by atoms with van der Waals surface area (Å²) >= 11 is 1.63. The largest absolute Gasteiger partial charge is 0.377 e. The van der Waals surface area contributed by atoms with E-state index in [-0.39, 0.29) is 11.7 Å². The van der Waals surface area contributed by atoms with Crippen LogP contribution in [-0.2, 0) is 4.74 Å². The normalized spacial score (nSPS) is 16.8. The number of aromatic nitrogens is 4. The number of thioether (sulfide) groups is 1. The van der Waals surface area contributed by atoms with Gasteiger partial charge in [0.15, 0.2) is 5.16 Å². The molecule has 0 saturated carbocycles. The molecule has 7 heteroatoms. The highest BCUT2D eigenvalue weighted by molar-refractivity contribution is 7.99. The molecule has 6 nitrogen and oxygen atoms in total. The number of para-hydroxylation sites is 1. The Morgan fingerprint density at radius 1 is 1.17 bits per heavy atom. The summed E-state index contributed by atoms with van der Waals surface area (Å²) in [5, 5.41) is 10.3. The number of hydrogen-bond acceptors (Lipinski definition) is 5. The molecular formula is C22H22N4O2S. The van der Waals surface area contributed by atoms with Crippen LogP contribution in [0.2, 0.25) is 0 Å². The highest BCUT2D eigenvalue weighted by Crippen LogP contribution is 2.27. The molecule has 0 amide bonds. The van der Waals surface area contributed by atoms with Gasteiger partial charge in [0.1, 0.15) is 0 Å². The van der Waals surface area contributed by atoms with Crippen LogP contribution in [0.3, 0.4) is 0 Å². The zero-order valence-electron chi connectivity index (χ0n) is 16.5. The number of nitrogens with zero attached hydrogens (tertiary/aromatic N) is 4. The molecule has 0 radical (unpaired) electrons. The molecule has 1 aliphatic rings. The molecule has 1 saturated heterocycles. The summed E-state index contributed by atoms with van der Waals surface area (Å²) in [6, 6.07) is 13.8. The van der Waals surface area contributed by atoms with E-state index in [1.54, 1.807) is 16.3 Å². The first-order valence-corrected chi connectivity index (χ1v) is 10.8. The smallest absolute Gasteiger partial charge is 0.267 e. The molecule has 1 aliphatic heterocycles. The minimum atomic E-state index is -0.0788. The zero-order valence-corrected chi connectivity index (χ0v) is 17.3. The minimum absolute atomic E-state index is 0.0788. The summed E-state index contributed by atoms with van der Waals surface area (Å²) in [7, 11) is 0. The third kappa shape index (κ3) is 3.14. The lowest BCUT2D eigenvalue weighted by Gasteiger charge is -2.14. The summed E-state index contributed by atoms with van der Waals surface area (Å²) in [6.07, 6.45) is 2.45. The molecule has 1 unspecified atom stereocenters. The van der Waals surface area contributed by atoms with Crippen molar-refractivity contribution < 1.29 is 4.74 Å². The highest BCUT2D eigenvalue weighted by Gasteiger charge is 2.21. The summed E-state index contributed by atoms with van der Waals surface area (Å²) in [5.74, 6) is 1.37. The molecule has 3 heterocycles. The van der Waals surface area contributed by atoms with E-state index in [1.807, 2.05) is 54.6 Å². The summed E-state index contributed by atoms with van der Waals surface area (Å²) in [6.45, 7) is 4.87. The Morgan fingerprint density at radius 3 is 2.86 bits per heavy atom. The second-order valence-electron chi connectivity index (χ2n) is 7.51. The molecule has 0 bridgehead atoms. The van der Waals surface area contributed by atoms with Gasteiger partial charge in [-0.15, -0.1) is 10.2 Å². The van der Waals surface area contributed by atoms with Gasteiger partial charge in [-0.25, -0.2) is 4.57 Å². The Labute approximate surface area is 172 Å². The number of ether oxygens (including phenoxy) is 1. The average molecular weight is 407 g/mol. The van der Waals surface area contributed by atoms with E-state index < -0.39 is 0 Å². The van der Waals surface area contributed by atoms with Crippen LogP contribution in [0, 0.1) is 13.8 Å².